The molecule has 0 bridgehead atoms. The Morgan fingerprint density at radius 2 is 1.44 bits per heavy atom. The van der Waals surface area contributed by atoms with Gasteiger partial charge in [-0.1, -0.05) is 55.7 Å². The third kappa shape index (κ3) is 5.57. The quantitative estimate of drug-likeness (QED) is 0.480. The molecule has 7 nitrogen and oxygen atoms in total. The van der Waals surface area contributed by atoms with Crippen molar-refractivity contribution in [3.63, 3.8) is 0 Å². The third-order valence-corrected chi connectivity index (χ3v) is 6.58. The van der Waals surface area contributed by atoms with Crippen molar-refractivity contribution < 1.29 is 19.1 Å². The number of amides is 3. The van der Waals surface area contributed by atoms with Gasteiger partial charge in [-0.05, 0) is 61.4 Å². The summed E-state index contributed by atoms with van der Waals surface area (Å²) in [6, 6.07) is 25.1. The molecule has 3 amide bonds. The lowest BCUT2D eigenvalue weighted by atomic mass is 9.78. The van der Waals surface area contributed by atoms with Crippen LogP contribution in [0.4, 0.5) is 11.4 Å². The van der Waals surface area contributed by atoms with Crippen LogP contribution in [-0.2, 0) is 9.59 Å². The summed E-state index contributed by atoms with van der Waals surface area (Å²) < 4.78 is 5.29. The van der Waals surface area contributed by atoms with E-state index in [2.05, 4.69) is 10.6 Å². The number of carbonyl (C=O) groups excluding carboxylic acids is 3. The molecule has 4 rings (SSSR count). The van der Waals surface area contributed by atoms with Crippen molar-refractivity contribution in [1.29, 1.82) is 0 Å². The Morgan fingerprint density at radius 3 is 2.06 bits per heavy atom. The van der Waals surface area contributed by atoms with E-state index in [1.54, 1.807) is 60.5 Å². The fraction of sp³-hybridized carbons (Fsp3) is 0.276. The fourth-order valence-electron chi connectivity index (χ4n) is 4.75. The highest BCUT2D eigenvalue weighted by molar-refractivity contribution is 6.09. The van der Waals surface area contributed by atoms with Crippen LogP contribution >= 0.6 is 0 Å². The second kappa shape index (κ2) is 11.5. The zero-order valence-corrected chi connectivity index (χ0v) is 20.4. The van der Waals surface area contributed by atoms with Gasteiger partial charge in [-0.2, -0.15) is 0 Å². The molecule has 0 saturated heterocycles. The molecule has 0 spiro atoms. The van der Waals surface area contributed by atoms with Crippen molar-refractivity contribution in [2.45, 2.75) is 37.6 Å². The zero-order valence-electron chi connectivity index (χ0n) is 20.4. The first-order valence-electron chi connectivity index (χ1n) is 12.2. The average Bonchev–Trinajstić information content (AvgIpc) is 2.93. The van der Waals surface area contributed by atoms with E-state index in [-0.39, 0.29) is 24.3 Å². The minimum atomic E-state index is -1.09. The fourth-order valence-corrected chi connectivity index (χ4v) is 4.75. The van der Waals surface area contributed by atoms with Crippen LogP contribution in [0.3, 0.4) is 0 Å². The lowest BCUT2D eigenvalue weighted by Gasteiger charge is -2.45. The molecule has 0 atom stereocenters. The molecular weight excluding hydrogens is 454 g/mol. The van der Waals surface area contributed by atoms with E-state index in [0.717, 1.165) is 19.3 Å². The number of rotatable bonds is 8. The van der Waals surface area contributed by atoms with Gasteiger partial charge in [-0.15, -0.1) is 0 Å². The number of nitrogens with one attached hydrogen (secondary N) is 2. The number of methoxy groups -OCH3 is 1. The smallest absolute Gasteiger partial charge is 0.251 e. The average molecular weight is 486 g/mol. The lowest BCUT2D eigenvalue weighted by molar-refractivity contribution is -0.127. The van der Waals surface area contributed by atoms with Crippen molar-refractivity contribution in [3.05, 3.63) is 90.5 Å². The van der Waals surface area contributed by atoms with Gasteiger partial charge in [-0.3, -0.25) is 19.3 Å². The van der Waals surface area contributed by atoms with Gasteiger partial charge in [0, 0.05) is 16.9 Å². The highest BCUT2D eigenvalue weighted by Gasteiger charge is 2.47. The standard InChI is InChI=1S/C29H31N3O4/c1-36-25-17-15-24(16-18-25)32(26(33)21-30-27(34)22-11-5-2-6-12-22)29(19-9-4-10-20-29)28(35)31-23-13-7-3-8-14-23/h2-3,5-8,11-18H,4,9-10,19-21H2,1H3,(H,30,34)(H,31,35). The van der Waals surface area contributed by atoms with E-state index in [1.165, 1.54) is 0 Å². The summed E-state index contributed by atoms with van der Waals surface area (Å²) in [7, 11) is 1.58. The number of benzene rings is 3. The molecular formula is C29H31N3O4. The van der Waals surface area contributed by atoms with Gasteiger partial charge < -0.3 is 15.4 Å². The van der Waals surface area contributed by atoms with Gasteiger partial charge in [0.15, 0.2) is 0 Å². The van der Waals surface area contributed by atoms with Crippen molar-refractivity contribution >= 4 is 29.1 Å². The molecule has 0 aromatic heterocycles. The summed E-state index contributed by atoms with van der Waals surface area (Å²) >= 11 is 0. The van der Waals surface area contributed by atoms with Crippen LogP contribution in [-0.4, -0.2) is 36.9 Å². The first-order valence-corrected chi connectivity index (χ1v) is 12.2. The Hall–Kier alpha value is -4.13. The molecule has 0 unspecified atom stereocenters. The Kier molecular flexibility index (Phi) is 8.00. The van der Waals surface area contributed by atoms with Crippen LogP contribution in [0.5, 0.6) is 5.75 Å². The van der Waals surface area contributed by atoms with Crippen LogP contribution in [0, 0.1) is 0 Å². The third-order valence-electron chi connectivity index (χ3n) is 6.58. The molecule has 2 N–H and O–H groups in total. The summed E-state index contributed by atoms with van der Waals surface area (Å²) in [5.74, 6) is -0.276. The zero-order chi connectivity index (χ0) is 25.4. The molecule has 1 aliphatic carbocycles. The van der Waals surface area contributed by atoms with Crippen molar-refractivity contribution in [3.8, 4) is 5.75 Å². The largest absolute Gasteiger partial charge is 0.497 e. The van der Waals surface area contributed by atoms with E-state index in [9.17, 15) is 14.4 Å². The van der Waals surface area contributed by atoms with E-state index >= 15 is 0 Å². The molecule has 7 heteroatoms. The molecule has 36 heavy (non-hydrogen) atoms. The van der Waals surface area contributed by atoms with E-state index in [0.29, 0.717) is 35.5 Å². The molecule has 1 fully saturated rings. The molecule has 0 aliphatic heterocycles. The Balaban J connectivity index is 1.67. The van der Waals surface area contributed by atoms with E-state index < -0.39 is 5.54 Å². The maximum atomic E-state index is 13.9. The second-order valence-corrected chi connectivity index (χ2v) is 8.89. The first-order chi connectivity index (χ1) is 17.5. The van der Waals surface area contributed by atoms with E-state index in [1.807, 2.05) is 36.4 Å². The van der Waals surface area contributed by atoms with Crippen LogP contribution in [0.1, 0.15) is 42.5 Å². The topological polar surface area (TPSA) is 87.7 Å². The number of anilines is 2. The molecule has 3 aromatic carbocycles. The van der Waals surface area contributed by atoms with E-state index in [4.69, 9.17) is 4.74 Å². The maximum Gasteiger partial charge on any atom is 0.251 e. The number of nitrogens with zero attached hydrogens (tertiary/aromatic N) is 1. The minimum absolute atomic E-state index is 0.230. The number of hydrogen-bond donors (Lipinski definition) is 2. The first kappa shape index (κ1) is 25.0. The van der Waals surface area contributed by atoms with Gasteiger partial charge in [-0.25, -0.2) is 0 Å². The summed E-state index contributed by atoms with van der Waals surface area (Å²) in [5, 5.41) is 5.76. The summed E-state index contributed by atoms with van der Waals surface area (Å²) in [5.41, 5.74) is 0.638. The summed E-state index contributed by atoms with van der Waals surface area (Å²) in [6.07, 6.45) is 3.68. The molecule has 1 aliphatic rings. The lowest BCUT2D eigenvalue weighted by Crippen LogP contribution is -2.62. The van der Waals surface area contributed by atoms with Gasteiger partial charge in [0.2, 0.25) is 5.91 Å². The van der Waals surface area contributed by atoms with Gasteiger partial charge in [0.05, 0.1) is 13.7 Å². The Morgan fingerprint density at radius 1 is 0.833 bits per heavy atom. The predicted octanol–water partition coefficient (Wildman–Crippen LogP) is 4.80. The van der Waals surface area contributed by atoms with Gasteiger partial charge >= 0.3 is 0 Å². The van der Waals surface area contributed by atoms with Gasteiger partial charge in [0.25, 0.3) is 11.8 Å². The van der Waals surface area contributed by atoms with Gasteiger partial charge in [0.1, 0.15) is 11.3 Å². The number of para-hydroxylation sites is 1. The molecule has 1 saturated carbocycles. The Labute approximate surface area is 211 Å². The molecule has 0 heterocycles. The highest BCUT2D eigenvalue weighted by atomic mass is 16.5. The highest BCUT2D eigenvalue weighted by Crippen LogP contribution is 2.38. The summed E-state index contributed by atoms with van der Waals surface area (Å²) in [6.45, 7) is -0.236. The van der Waals surface area contributed by atoms with Crippen molar-refractivity contribution in [1.82, 2.24) is 5.32 Å². The SMILES string of the molecule is COc1ccc(N(C(=O)CNC(=O)c2ccccc2)C2(C(=O)Nc3ccccc3)CCCCC2)cc1. The monoisotopic (exact) mass is 485 g/mol. The van der Waals surface area contributed by atoms with Crippen molar-refractivity contribution in [2.24, 2.45) is 0 Å². The maximum absolute atomic E-state index is 13.9. The minimum Gasteiger partial charge on any atom is -0.497 e. The second-order valence-electron chi connectivity index (χ2n) is 8.89. The normalized spacial score (nSPS) is 14.4. The van der Waals surface area contributed by atoms with Crippen LogP contribution in [0.25, 0.3) is 0 Å². The van der Waals surface area contributed by atoms with Crippen LogP contribution in [0.2, 0.25) is 0 Å². The number of hydrogen-bond acceptors (Lipinski definition) is 4. The van der Waals surface area contributed by atoms with Crippen molar-refractivity contribution in [2.75, 3.05) is 23.9 Å². The molecule has 186 valence electrons. The van der Waals surface area contributed by atoms with Crippen LogP contribution < -0.4 is 20.3 Å². The molecule has 0 radical (unpaired) electrons. The summed E-state index contributed by atoms with van der Waals surface area (Å²) in [4.78, 5) is 41.9. The predicted molar refractivity (Wildman–Crippen MR) is 140 cm³/mol. The number of carbonyl (C=O) groups is 3. The number of ether oxygens (including phenoxy) is 1. The molecule has 3 aromatic rings. The van der Waals surface area contributed by atoms with Crippen LogP contribution in [0.15, 0.2) is 84.9 Å². The Bertz CT molecular complexity index is 1170.